The fraction of sp³-hybridized carbons (Fsp3) is 0.333. The van der Waals surface area contributed by atoms with Gasteiger partial charge in [-0.2, -0.15) is 0 Å². The maximum atomic E-state index is 12.4. The highest BCUT2D eigenvalue weighted by Crippen LogP contribution is 2.26. The van der Waals surface area contributed by atoms with Crippen LogP contribution >= 0.6 is 12.4 Å². The van der Waals surface area contributed by atoms with E-state index in [0.717, 1.165) is 24.9 Å². The maximum Gasteiger partial charge on any atom is 0.261 e. The largest absolute Gasteiger partial charge is 0.315 e. The molecule has 2 aliphatic rings. The molecule has 4 nitrogen and oxygen atoms in total. The van der Waals surface area contributed by atoms with Crippen molar-refractivity contribution >= 4 is 29.8 Å². The first-order valence-electron chi connectivity index (χ1n) is 6.63. The lowest BCUT2D eigenvalue weighted by atomic mass is 10.0. The molecular formula is C15H17ClN2O2. The number of carbonyl (C=O) groups is 2. The molecule has 0 aromatic heterocycles. The zero-order valence-electron chi connectivity index (χ0n) is 11.0. The Morgan fingerprint density at radius 2 is 1.90 bits per heavy atom. The Bertz CT molecular complexity index is 536. The zero-order chi connectivity index (χ0) is 13.2. The number of nitrogens with zero attached hydrogens (tertiary/aromatic N) is 1. The van der Waals surface area contributed by atoms with Crippen molar-refractivity contribution in [3.05, 3.63) is 42.0 Å². The molecule has 20 heavy (non-hydrogen) atoms. The van der Waals surface area contributed by atoms with Gasteiger partial charge in [0.1, 0.15) is 0 Å². The van der Waals surface area contributed by atoms with E-state index in [0.29, 0.717) is 12.1 Å². The van der Waals surface area contributed by atoms with E-state index < -0.39 is 0 Å². The van der Waals surface area contributed by atoms with E-state index in [9.17, 15) is 9.59 Å². The highest BCUT2D eigenvalue weighted by Gasteiger charge is 2.37. The predicted octanol–water partition coefficient (Wildman–Crippen LogP) is 1.61. The Hall–Kier alpha value is -1.65. The number of piperidine rings is 1. The number of nitrogens with one attached hydrogen (secondary N) is 1. The first kappa shape index (κ1) is 14.8. The van der Waals surface area contributed by atoms with E-state index in [1.54, 1.807) is 0 Å². The Balaban J connectivity index is 0.00000147. The Labute approximate surface area is 124 Å². The van der Waals surface area contributed by atoms with Gasteiger partial charge in [0.05, 0.1) is 11.6 Å². The van der Waals surface area contributed by atoms with Gasteiger partial charge in [-0.1, -0.05) is 30.3 Å². The van der Waals surface area contributed by atoms with E-state index in [1.165, 1.54) is 11.0 Å². The second-order valence-electron chi connectivity index (χ2n) is 4.94. The minimum absolute atomic E-state index is 0. The molecule has 1 saturated heterocycles. The van der Waals surface area contributed by atoms with Gasteiger partial charge in [0, 0.05) is 12.6 Å². The summed E-state index contributed by atoms with van der Waals surface area (Å²) in [4.78, 5) is 25.9. The van der Waals surface area contributed by atoms with Gasteiger partial charge in [0.25, 0.3) is 11.8 Å². The van der Waals surface area contributed by atoms with Crippen LogP contribution in [-0.2, 0) is 9.59 Å². The molecule has 3 rings (SSSR count). The third-order valence-electron chi connectivity index (χ3n) is 3.68. The molecule has 1 aromatic carbocycles. The van der Waals surface area contributed by atoms with Crippen molar-refractivity contribution in [1.29, 1.82) is 0 Å². The number of rotatable bonds is 2. The molecule has 1 atom stereocenters. The van der Waals surface area contributed by atoms with Crippen LogP contribution in [0.4, 0.5) is 0 Å². The molecule has 0 saturated carbocycles. The van der Waals surface area contributed by atoms with Gasteiger partial charge in [-0.25, -0.2) is 0 Å². The number of benzene rings is 1. The SMILES string of the molecule is Cl.O=C1C=C(c2ccccc2)C(=O)N1[C@@H]1CCCNC1. The summed E-state index contributed by atoms with van der Waals surface area (Å²) in [6, 6.07) is 9.36. The van der Waals surface area contributed by atoms with Crippen molar-refractivity contribution in [2.24, 2.45) is 0 Å². The third kappa shape index (κ3) is 2.62. The number of hydrogen-bond donors (Lipinski definition) is 1. The smallest absolute Gasteiger partial charge is 0.261 e. The average molecular weight is 293 g/mol. The molecule has 106 valence electrons. The molecule has 0 radical (unpaired) electrons. The highest BCUT2D eigenvalue weighted by atomic mass is 35.5. The summed E-state index contributed by atoms with van der Waals surface area (Å²) in [5.74, 6) is -0.345. The normalized spacial score (nSPS) is 22.5. The highest BCUT2D eigenvalue weighted by molar-refractivity contribution is 6.33. The molecule has 2 heterocycles. The van der Waals surface area contributed by atoms with E-state index in [2.05, 4.69) is 5.32 Å². The van der Waals surface area contributed by atoms with E-state index >= 15 is 0 Å². The van der Waals surface area contributed by atoms with Crippen molar-refractivity contribution in [3.8, 4) is 0 Å². The van der Waals surface area contributed by atoms with Gasteiger partial charge in [0.15, 0.2) is 0 Å². The lowest BCUT2D eigenvalue weighted by Crippen LogP contribution is -2.48. The summed E-state index contributed by atoms with van der Waals surface area (Å²) >= 11 is 0. The van der Waals surface area contributed by atoms with E-state index in [1.807, 2.05) is 30.3 Å². The van der Waals surface area contributed by atoms with E-state index in [4.69, 9.17) is 0 Å². The van der Waals surface area contributed by atoms with Gasteiger partial charge in [-0.3, -0.25) is 14.5 Å². The van der Waals surface area contributed by atoms with Crippen LogP contribution in [0.25, 0.3) is 5.57 Å². The van der Waals surface area contributed by atoms with Gasteiger partial charge >= 0.3 is 0 Å². The molecule has 2 aliphatic heterocycles. The van der Waals surface area contributed by atoms with Crippen LogP contribution < -0.4 is 5.32 Å². The topological polar surface area (TPSA) is 49.4 Å². The minimum atomic E-state index is -0.183. The van der Waals surface area contributed by atoms with Gasteiger partial charge in [-0.15, -0.1) is 12.4 Å². The van der Waals surface area contributed by atoms with Crippen molar-refractivity contribution < 1.29 is 9.59 Å². The lowest BCUT2D eigenvalue weighted by Gasteiger charge is -2.30. The molecular weight excluding hydrogens is 276 g/mol. The van der Waals surface area contributed by atoms with Crippen LogP contribution in [0.15, 0.2) is 36.4 Å². The van der Waals surface area contributed by atoms with Crippen LogP contribution in [0, 0.1) is 0 Å². The van der Waals surface area contributed by atoms with Gasteiger partial charge in [-0.05, 0) is 24.9 Å². The number of imide groups is 1. The Kier molecular flexibility index (Phi) is 4.57. The van der Waals surface area contributed by atoms with Crippen LogP contribution in [0.3, 0.4) is 0 Å². The van der Waals surface area contributed by atoms with Crippen LogP contribution in [0.2, 0.25) is 0 Å². The number of amides is 2. The van der Waals surface area contributed by atoms with Crippen molar-refractivity contribution in [1.82, 2.24) is 10.2 Å². The summed E-state index contributed by atoms with van der Waals surface area (Å²) in [7, 11) is 0. The Morgan fingerprint density at radius 1 is 1.15 bits per heavy atom. The number of carbonyl (C=O) groups excluding carboxylic acids is 2. The predicted molar refractivity (Wildman–Crippen MR) is 79.4 cm³/mol. The minimum Gasteiger partial charge on any atom is -0.315 e. The summed E-state index contributed by atoms with van der Waals surface area (Å²) in [5.41, 5.74) is 1.32. The number of hydrogen-bond acceptors (Lipinski definition) is 3. The molecule has 1 aromatic rings. The second kappa shape index (κ2) is 6.20. The molecule has 1 fully saturated rings. The fourth-order valence-electron chi connectivity index (χ4n) is 2.71. The molecule has 5 heteroatoms. The molecule has 0 unspecified atom stereocenters. The maximum absolute atomic E-state index is 12.4. The van der Waals surface area contributed by atoms with Crippen LogP contribution in [0.5, 0.6) is 0 Å². The summed E-state index contributed by atoms with van der Waals surface area (Å²) in [6.45, 7) is 1.67. The quantitative estimate of drug-likeness (QED) is 0.843. The average Bonchev–Trinajstić information content (AvgIpc) is 2.76. The van der Waals surface area contributed by atoms with E-state index in [-0.39, 0.29) is 30.3 Å². The van der Waals surface area contributed by atoms with Gasteiger partial charge in [0.2, 0.25) is 0 Å². The first-order valence-corrected chi connectivity index (χ1v) is 6.63. The molecule has 0 spiro atoms. The number of halogens is 1. The van der Waals surface area contributed by atoms with Crippen molar-refractivity contribution in [3.63, 3.8) is 0 Å². The fourth-order valence-corrected chi connectivity index (χ4v) is 2.71. The van der Waals surface area contributed by atoms with Crippen LogP contribution in [-0.4, -0.2) is 35.8 Å². The Morgan fingerprint density at radius 3 is 2.55 bits per heavy atom. The molecule has 0 aliphatic carbocycles. The van der Waals surface area contributed by atoms with Crippen LogP contribution in [0.1, 0.15) is 18.4 Å². The summed E-state index contributed by atoms with van der Waals surface area (Å²) in [5, 5.41) is 3.24. The monoisotopic (exact) mass is 292 g/mol. The zero-order valence-corrected chi connectivity index (χ0v) is 11.9. The third-order valence-corrected chi connectivity index (χ3v) is 3.68. The molecule has 1 N–H and O–H groups in total. The van der Waals surface area contributed by atoms with Crippen molar-refractivity contribution in [2.45, 2.75) is 18.9 Å². The second-order valence-corrected chi connectivity index (χ2v) is 4.94. The lowest BCUT2D eigenvalue weighted by molar-refractivity contribution is -0.139. The van der Waals surface area contributed by atoms with Gasteiger partial charge < -0.3 is 5.32 Å². The molecule has 2 amide bonds. The van der Waals surface area contributed by atoms with Crippen molar-refractivity contribution in [2.75, 3.05) is 13.1 Å². The first-order chi connectivity index (χ1) is 9.27. The summed E-state index contributed by atoms with van der Waals surface area (Å²) in [6.07, 6.45) is 3.36. The molecule has 0 bridgehead atoms. The summed E-state index contributed by atoms with van der Waals surface area (Å²) < 4.78 is 0. The standard InChI is InChI=1S/C15H16N2O2.ClH/c18-14-9-13(11-5-2-1-3-6-11)15(19)17(14)12-7-4-8-16-10-12;/h1-3,5-6,9,12,16H,4,7-8,10H2;1H/t12-;/m1./s1.